The van der Waals surface area contributed by atoms with Crippen molar-refractivity contribution in [3.63, 3.8) is 0 Å². The van der Waals surface area contributed by atoms with Crippen molar-refractivity contribution in [2.45, 2.75) is 25.8 Å². The first kappa shape index (κ1) is 11.9. The summed E-state index contributed by atoms with van der Waals surface area (Å²) in [6.07, 6.45) is 2.38. The zero-order valence-electron chi connectivity index (χ0n) is 9.13. The molecule has 5 heteroatoms. The molecule has 16 heavy (non-hydrogen) atoms. The molecule has 0 saturated heterocycles. The van der Waals surface area contributed by atoms with Gasteiger partial charge in [-0.15, -0.1) is 11.3 Å². The van der Waals surface area contributed by atoms with Gasteiger partial charge in [0, 0.05) is 12.6 Å². The van der Waals surface area contributed by atoms with E-state index in [1.807, 2.05) is 12.3 Å². The van der Waals surface area contributed by atoms with Crippen LogP contribution in [0.4, 0.5) is 0 Å². The van der Waals surface area contributed by atoms with Crippen LogP contribution in [-0.4, -0.2) is 18.5 Å². The lowest BCUT2D eigenvalue weighted by Crippen LogP contribution is -2.38. The number of carbonyl (C=O) groups excluding carboxylic acids is 1. The van der Waals surface area contributed by atoms with E-state index < -0.39 is 0 Å². The van der Waals surface area contributed by atoms with Gasteiger partial charge in [0.1, 0.15) is 4.88 Å². The van der Waals surface area contributed by atoms with Crippen molar-refractivity contribution >= 4 is 28.8 Å². The predicted octanol–water partition coefficient (Wildman–Crippen LogP) is 2.18. The fourth-order valence-electron chi connectivity index (χ4n) is 1.56. The number of amides is 1. The van der Waals surface area contributed by atoms with E-state index in [2.05, 4.69) is 5.32 Å². The molecule has 0 spiro atoms. The lowest BCUT2D eigenvalue weighted by atomic mass is 10.2. The summed E-state index contributed by atoms with van der Waals surface area (Å²) in [6.45, 7) is 2.43. The lowest BCUT2D eigenvalue weighted by Gasteiger charge is -2.10. The average Bonchev–Trinajstić information content (AvgIpc) is 3.04. The molecule has 1 heterocycles. The maximum absolute atomic E-state index is 11.8. The number of hydrogen-bond donors (Lipinski definition) is 2. The molecule has 2 rings (SSSR count). The van der Waals surface area contributed by atoms with Crippen LogP contribution in [0.1, 0.15) is 28.1 Å². The molecule has 1 aliphatic rings. The van der Waals surface area contributed by atoms with E-state index in [-0.39, 0.29) is 11.9 Å². The van der Waals surface area contributed by atoms with Gasteiger partial charge < -0.3 is 11.1 Å². The highest BCUT2D eigenvalue weighted by Gasteiger charge is 2.28. The minimum Gasteiger partial charge on any atom is -0.350 e. The van der Waals surface area contributed by atoms with Crippen molar-refractivity contribution in [1.82, 2.24) is 5.32 Å². The van der Waals surface area contributed by atoms with Crippen molar-refractivity contribution in [3.05, 3.63) is 20.8 Å². The first-order valence-electron chi connectivity index (χ1n) is 5.37. The Morgan fingerprint density at radius 3 is 2.94 bits per heavy atom. The lowest BCUT2D eigenvalue weighted by molar-refractivity contribution is 0.0954. The smallest absolute Gasteiger partial charge is 0.262 e. The molecule has 0 aliphatic heterocycles. The first-order chi connectivity index (χ1) is 7.59. The van der Waals surface area contributed by atoms with Crippen LogP contribution in [0.25, 0.3) is 0 Å². The molecule has 1 aliphatic carbocycles. The summed E-state index contributed by atoms with van der Waals surface area (Å²) >= 11 is 7.39. The van der Waals surface area contributed by atoms with Gasteiger partial charge >= 0.3 is 0 Å². The standard InChI is InChI=1S/C11H15ClN2OS/c1-6-5-16-10(9(6)12)11(15)14-4-8(13)7-2-3-7/h5,7-8H,2-4,13H2,1H3,(H,14,15). The number of aryl methyl sites for hydroxylation is 1. The highest BCUT2D eigenvalue weighted by atomic mass is 35.5. The van der Waals surface area contributed by atoms with Gasteiger partial charge in [-0.2, -0.15) is 0 Å². The van der Waals surface area contributed by atoms with Crippen molar-refractivity contribution in [2.24, 2.45) is 11.7 Å². The topological polar surface area (TPSA) is 55.1 Å². The molecule has 0 aromatic carbocycles. The summed E-state index contributed by atoms with van der Waals surface area (Å²) in [5.41, 5.74) is 6.85. The Balaban J connectivity index is 1.90. The molecule has 3 N–H and O–H groups in total. The third kappa shape index (κ3) is 2.56. The summed E-state index contributed by atoms with van der Waals surface area (Å²) in [4.78, 5) is 12.4. The molecule has 1 amide bonds. The van der Waals surface area contributed by atoms with E-state index in [0.717, 1.165) is 5.56 Å². The van der Waals surface area contributed by atoms with Gasteiger partial charge in [-0.3, -0.25) is 4.79 Å². The summed E-state index contributed by atoms with van der Waals surface area (Å²) in [6, 6.07) is 0.0868. The molecule has 1 aromatic heterocycles. The molecule has 0 bridgehead atoms. The maximum atomic E-state index is 11.8. The maximum Gasteiger partial charge on any atom is 0.262 e. The Morgan fingerprint density at radius 1 is 1.75 bits per heavy atom. The molecule has 1 unspecified atom stereocenters. The first-order valence-corrected chi connectivity index (χ1v) is 6.62. The minimum absolute atomic E-state index is 0.0868. The Bertz CT molecular complexity index is 401. The summed E-state index contributed by atoms with van der Waals surface area (Å²) in [7, 11) is 0. The largest absolute Gasteiger partial charge is 0.350 e. The summed E-state index contributed by atoms with van der Waals surface area (Å²) in [5, 5.41) is 5.28. The van der Waals surface area contributed by atoms with Crippen molar-refractivity contribution < 1.29 is 4.79 Å². The van der Waals surface area contributed by atoms with Crippen LogP contribution in [0.2, 0.25) is 5.02 Å². The van der Waals surface area contributed by atoms with Gasteiger partial charge in [0.25, 0.3) is 5.91 Å². The average molecular weight is 259 g/mol. The highest BCUT2D eigenvalue weighted by molar-refractivity contribution is 7.13. The number of nitrogens with one attached hydrogen (secondary N) is 1. The van der Waals surface area contributed by atoms with Crippen molar-refractivity contribution in [3.8, 4) is 0 Å². The third-order valence-corrected chi connectivity index (χ3v) is 4.53. The number of thiophene rings is 1. The molecule has 1 atom stereocenters. The Kier molecular flexibility index (Phi) is 3.52. The number of halogens is 1. The molecule has 88 valence electrons. The van der Waals surface area contributed by atoms with Crippen LogP contribution in [0, 0.1) is 12.8 Å². The fraction of sp³-hybridized carbons (Fsp3) is 0.545. The van der Waals surface area contributed by atoms with Crippen molar-refractivity contribution in [1.29, 1.82) is 0 Å². The Morgan fingerprint density at radius 2 is 2.44 bits per heavy atom. The summed E-state index contributed by atoms with van der Waals surface area (Å²) < 4.78 is 0. The predicted molar refractivity (Wildman–Crippen MR) is 67.1 cm³/mol. The molecular weight excluding hydrogens is 244 g/mol. The number of rotatable bonds is 4. The zero-order chi connectivity index (χ0) is 11.7. The molecule has 1 saturated carbocycles. The van der Waals surface area contributed by atoms with Crippen LogP contribution in [0.15, 0.2) is 5.38 Å². The fourth-order valence-corrected chi connectivity index (χ4v) is 2.76. The van der Waals surface area contributed by atoms with E-state index in [9.17, 15) is 4.79 Å². The number of carbonyl (C=O) groups is 1. The monoisotopic (exact) mass is 258 g/mol. The second-order valence-electron chi connectivity index (χ2n) is 4.27. The van der Waals surface area contributed by atoms with Crippen molar-refractivity contribution in [2.75, 3.05) is 6.54 Å². The normalized spacial score (nSPS) is 17.2. The van der Waals surface area contributed by atoms with Gasteiger partial charge in [-0.25, -0.2) is 0 Å². The second-order valence-corrected chi connectivity index (χ2v) is 5.53. The van der Waals surface area contributed by atoms with Crippen LogP contribution in [-0.2, 0) is 0 Å². The minimum atomic E-state index is -0.112. The number of hydrogen-bond acceptors (Lipinski definition) is 3. The molecule has 1 aromatic rings. The van der Waals surface area contributed by atoms with E-state index in [1.54, 1.807) is 0 Å². The van der Waals surface area contributed by atoms with Gasteiger partial charge in [-0.1, -0.05) is 11.6 Å². The van der Waals surface area contributed by atoms with Crippen LogP contribution in [0.5, 0.6) is 0 Å². The van der Waals surface area contributed by atoms with Gasteiger partial charge in [0.2, 0.25) is 0 Å². The SMILES string of the molecule is Cc1csc(C(=O)NCC(N)C2CC2)c1Cl. The van der Waals surface area contributed by atoms with Gasteiger partial charge in [0.15, 0.2) is 0 Å². The Labute approximate surface area is 104 Å². The van der Waals surface area contributed by atoms with E-state index >= 15 is 0 Å². The van der Waals surface area contributed by atoms with Crippen LogP contribution >= 0.6 is 22.9 Å². The third-order valence-electron chi connectivity index (χ3n) is 2.83. The van der Waals surface area contributed by atoms with Crippen LogP contribution in [0.3, 0.4) is 0 Å². The number of nitrogens with two attached hydrogens (primary N) is 1. The van der Waals surface area contributed by atoms with E-state index in [0.29, 0.717) is 22.4 Å². The second kappa shape index (κ2) is 4.73. The highest BCUT2D eigenvalue weighted by Crippen LogP contribution is 2.31. The molecular formula is C11H15ClN2OS. The molecule has 3 nitrogen and oxygen atoms in total. The molecule has 1 fully saturated rings. The van der Waals surface area contributed by atoms with Gasteiger partial charge in [-0.05, 0) is 36.6 Å². The van der Waals surface area contributed by atoms with Crippen LogP contribution < -0.4 is 11.1 Å². The van der Waals surface area contributed by atoms with Gasteiger partial charge in [0.05, 0.1) is 5.02 Å². The quantitative estimate of drug-likeness (QED) is 0.870. The summed E-state index contributed by atoms with van der Waals surface area (Å²) in [5.74, 6) is 0.486. The Hall–Kier alpha value is -0.580. The van der Waals surface area contributed by atoms with E-state index in [4.69, 9.17) is 17.3 Å². The zero-order valence-corrected chi connectivity index (χ0v) is 10.7. The van der Waals surface area contributed by atoms with E-state index in [1.165, 1.54) is 24.2 Å². The molecule has 0 radical (unpaired) electrons.